The van der Waals surface area contributed by atoms with E-state index in [1.807, 2.05) is 36.4 Å². The van der Waals surface area contributed by atoms with Gasteiger partial charge in [-0.2, -0.15) is 0 Å². The fourth-order valence-electron chi connectivity index (χ4n) is 4.40. The molecule has 0 radical (unpaired) electrons. The maximum atomic E-state index is 10.9. The minimum Gasteiger partial charge on any atom is -0.497 e. The first-order valence-electron chi connectivity index (χ1n) is 11.3. The van der Waals surface area contributed by atoms with Crippen LogP contribution in [0, 0.1) is 5.41 Å². The SMILES string of the molecule is COc1cccc(-c2scc(COc3cccc(CCC(=O)O)c3)c2C2=CCCC2(C)C)c1. The van der Waals surface area contributed by atoms with Crippen molar-refractivity contribution >= 4 is 22.9 Å². The highest BCUT2D eigenvalue weighted by molar-refractivity contribution is 7.14. The summed E-state index contributed by atoms with van der Waals surface area (Å²) in [5, 5.41) is 11.2. The third-order valence-corrected chi connectivity index (χ3v) is 7.31. The van der Waals surface area contributed by atoms with E-state index < -0.39 is 5.97 Å². The first kappa shape index (κ1) is 23.1. The quantitative estimate of drug-likeness (QED) is 0.365. The van der Waals surface area contributed by atoms with Gasteiger partial charge in [0, 0.05) is 22.4 Å². The Morgan fingerprint density at radius 1 is 1.12 bits per heavy atom. The normalized spacial score (nSPS) is 14.7. The van der Waals surface area contributed by atoms with Crippen molar-refractivity contribution in [3.05, 3.63) is 76.7 Å². The predicted molar refractivity (Wildman–Crippen MR) is 134 cm³/mol. The van der Waals surface area contributed by atoms with E-state index in [-0.39, 0.29) is 11.8 Å². The molecule has 0 saturated carbocycles. The van der Waals surface area contributed by atoms with Gasteiger partial charge in [-0.1, -0.05) is 44.2 Å². The summed E-state index contributed by atoms with van der Waals surface area (Å²) in [6.07, 6.45) is 5.22. The minimum atomic E-state index is -0.790. The molecule has 5 heteroatoms. The van der Waals surface area contributed by atoms with Crippen molar-refractivity contribution in [1.29, 1.82) is 0 Å². The molecule has 1 N–H and O–H groups in total. The second-order valence-corrected chi connectivity index (χ2v) is 9.95. The molecule has 1 aromatic heterocycles. The summed E-state index contributed by atoms with van der Waals surface area (Å²) in [4.78, 5) is 12.1. The topological polar surface area (TPSA) is 55.8 Å². The summed E-state index contributed by atoms with van der Waals surface area (Å²) in [5.74, 6) is 0.821. The smallest absolute Gasteiger partial charge is 0.303 e. The molecule has 4 nitrogen and oxygen atoms in total. The van der Waals surface area contributed by atoms with Gasteiger partial charge >= 0.3 is 5.97 Å². The Bertz CT molecular complexity index is 1170. The second kappa shape index (κ2) is 9.84. The molecule has 0 spiro atoms. The minimum absolute atomic E-state index is 0.111. The molecule has 2 aromatic carbocycles. The standard InChI is InChI=1S/C28H30O4S/c1-28(2)14-6-11-24(28)26-21(18-33-27(26)20-8-5-9-22(16-20)31-3)17-32-23-10-4-7-19(15-23)12-13-25(29)30/h4-5,7-11,15-16,18H,6,12-14,17H2,1-3H3,(H,29,30). The molecule has 1 heterocycles. The molecule has 0 aliphatic heterocycles. The summed E-state index contributed by atoms with van der Waals surface area (Å²) < 4.78 is 11.7. The Morgan fingerprint density at radius 3 is 2.64 bits per heavy atom. The van der Waals surface area contributed by atoms with Crippen LogP contribution in [-0.4, -0.2) is 18.2 Å². The van der Waals surface area contributed by atoms with Gasteiger partial charge < -0.3 is 14.6 Å². The number of benzene rings is 2. The number of aryl methyl sites for hydroxylation is 1. The lowest BCUT2D eigenvalue weighted by atomic mass is 9.80. The van der Waals surface area contributed by atoms with Crippen LogP contribution in [0.5, 0.6) is 11.5 Å². The number of methoxy groups -OCH3 is 1. The van der Waals surface area contributed by atoms with Crippen molar-refractivity contribution in [2.75, 3.05) is 7.11 Å². The number of hydrogen-bond donors (Lipinski definition) is 1. The zero-order valence-electron chi connectivity index (χ0n) is 19.4. The van der Waals surface area contributed by atoms with E-state index in [2.05, 4.69) is 37.4 Å². The number of carboxylic acid groups (broad SMARTS) is 1. The first-order chi connectivity index (χ1) is 15.9. The largest absolute Gasteiger partial charge is 0.497 e. The Labute approximate surface area is 199 Å². The number of ether oxygens (including phenoxy) is 2. The molecular weight excluding hydrogens is 432 g/mol. The molecule has 3 aromatic rings. The van der Waals surface area contributed by atoms with Crippen LogP contribution in [0.3, 0.4) is 0 Å². The highest BCUT2D eigenvalue weighted by atomic mass is 32.1. The number of thiophene rings is 1. The Kier molecular flexibility index (Phi) is 6.89. The van der Waals surface area contributed by atoms with Gasteiger partial charge in [0.2, 0.25) is 0 Å². The summed E-state index contributed by atoms with van der Waals surface area (Å²) in [6, 6.07) is 16.0. The molecule has 0 unspecified atom stereocenters. The van der Waals surface area contributed by atoms with Crippen molar-refractivity contribution in [1.82, 2.24) is 0 Å². The summed E-state index contributed by atoms with van der Waals surface area (Å²) >= 11 is 1.74. The van der Waals surface area contributed by atoms with E-state index in [9.17, 15) is 4.79 Å². The predicted octanol–water partition coefficient (Wildman–Crippen LogP) is 7.22. The molecule has 172 valence electrons. The Hall–Kier alpha value is -3.05. The van der Waals surface area contributed by atoms with E-state index >= 15 is 0 Å². The van der Waals surface area contributed by atoms with Gasteiger partial charge in [0.1, 0.15) is 18.1 Å². The summed E-state index contributed by atoms with van der Waals surface area (Å²) in [6.45, 7) is 5.09. The van der Waals surface area contributed by atoms with E-state index in [1.165, 1.54) is 21.6 Å². The fraction of sp³-hybridized carbons (Fsp3) is 0.321. The summed E-state index contributed by atoms with van der Waals surface area (Å²) in [5.41, 5.74) is 6.07. The molecule has 0 atom stereocenters. The molecule has 33 heavy (non-hydrogen) atoms. The molecule has 1 aliphatic rings. The van der Waals surface area contributed by atoms with Crippen LogP contribution < -0.4 is 9.47 Å². The van der Waals surface area contributed by atoms with Gasteiger partial charge in [0.15, 0.2) is 0 Å². The van der Waals surface area contributed by atoms with Gasteiger partial charge in [0.05, 0.1) is 7.11 Å². The van der Waals surface area contributed by atoms with Crippen LogP contribution in [0.2, 0.25) is 0 Å². The lowest BCUT2D eigenvalue weighted by Gasteiger charge is -2.24. The zero-order valence-corrected chi connectivity index (χ0v) is 20.2. The molecular formula is C28H30O4S. The van der Waals surface area contributed by atoms with Crippen molar-refractivity contribution in [3.8, 4) is 21.9 Å². The first-order valence-corrected chi connectivity index (χ1v) is 12.1. The van der Waals surface area contributed by atoms with Crippen molar-refractivity contribution < 1.29 is 19.4 Å². The number of carboxylic acids is 1. The lowest BCUT2D eigenvalue weighted by Crippen LogP contribution is -2.11. The van der Waals surface area contributed by atoms with E-state index in [0.29, 0.717) is 13.0 Å². The van der Waals surface area contributed by atoms with Crippen LogP contribution in [-0.2, 0) is 17.8 Å². The van der Waals surface area contributed by atoms with E-state index in [4.69, 9.17) is 14.6 Å². The lowest BCUT2D eigenvalue weighted by molar-refractivity contribution is -0.136. The van der Waals surface area contributed by atoms with E-state index in [0.717, 1.165) is 35.5 Å². The third kappa shape index (κ3) is 5.31. The van der Waals surface area contributed by atoms with Crippen LogP contribution in [0.25, 0.3) is 16.0 Å². The number of hydrogen-bond acceptors (Lipinski definition) is 4. The van der Waals surface area contributed by atoms with Crippen molar-refractivity contribution in [2.45, 2.75) is 46.1 Å². The number of aliphatic carboxylic acids is 1. The average Bonchev–Trinajstić information content (AvgIpc) is 3.38. The molecule has 0 amide bonds. The molecule has 0 saturated heterocycles. The van der Waals surface area contributed by atoms with Crippen LogP contribution in [0.1, 0.15) is 49.8 Å². The Morgan fingerprint density at radius 2 is 1.91 bits per heavy atom. The van der Waals surface area contributed by atoms with Crippen LogP contribution in [0.4, 0.5) is 0 Å². The van der Waals surface area contributed by atoms with E-state index in [1.54, 1.807) is 18.4 Å². The number of allylic oxidation sites excluding steroid dienone is 2. The molecule has 4 rings (SSSR count). The van der Waals surface area contributed by atoms with Crippen LogP contribution >= 0.6 is 11.3 Å². The monoisotopic (exact) mass is 462 g/mol. The molecule has 1 aliphatic carbocycles. The second-order valence-electron chi connectivity index (χ2n) is 9.07. The van der Waals surface area contributed by atoms with Crippen molar-refractivity contribution in [2.24, 2.45) is 5.41 Å². The third-order valence-electron chi connectivity index (χ3n) is 6.24. The number of carbonyl (C=O) groups is 1. The number of rotatable bonds is 9. The maximum Gasteiger partial charge on any atom is 0.303 e. The van der Waals surface area contributed by atoms with Crippen LogP contribution in [0.15, 0.2) is 60.0 Å². The van der Waals surface area contributed by atoms with Gasteiger partial charge in [-0.25, -0.2) is 0 Å². The Balaban J connectivity index is 1.64. The molecule has 0 bridgehead atoms. The highest BCUT2D eigenvalue weighted by Crippen LogP contribution is 2.50. The van der Waals surface area contributed by atoms with Gasteiger partial charge in [-0.15, -0.1) is 11.3 Å². The summed E-state index contributed by atoms with van der Waals surface area (Å²) in [7, 11) is 1.70. The zero-order chi connectivity index (χ0) is 23.4. The van der Waals surface area contributed by atoms with Gasteiger partial charge in [-0.3, -0.25) is 4.79 Å². The molecule has 0 fully saturated rings. The highest BCUT2D eigenvalue weighted by Gasteiger charge is 2.32. The average molecular weight is 463 g/mol. The maximum absolute atomic E-state index is 10.9. The fourth-order valence-corrected chi connectivity index (χ4v) is 5.47. The van der Waals surface area contributed by atoms with Gasteiger partial charge in [-0.05, 0) is 71.0 Å². The van der Waals surface area contributed by atoms with Gasteiger partial charge in [0.25, 0.3) is 0 Å². The van der Waals surface area contributed by atoms with Crippen molar-refractivity contribution in [3.63, 3.8) is 0 Å².